The van der Waals surface area contributed by atoms with Crippen LogP contribution in [0, 0.1) is 13.8 Å². The second-order valence-corrected chi connectivity index (χ2v) is 8.65. The number of hydrogen-bond acceptors (Lipinski definition) is 4. The Hall–Kier alpha value is -2.40. The van der Waals surface area contributed by atoms with Gasteiger partial charge in [0.2, 0.25) is 0 Å². The van der Waals surface area contributed by atoms with E-state index < -0.39 is 0 Å². The van der Waals surface area contributed by atoms with E-state index in [2.05, 4.69) is 30.2 Å². The van der Waals surface area contributed by atoms with E-state index in [1.54, 1.807) is 13.3 Å². The number of amides is 1. The first kappa shape index (κ1) is 24.9. The highest BCUT2D eigenvalue weighted by Gasteiger charge is 2.44. The van der Waals surface area contributed by atoms with Crippen LogP contribution in [-0.4, -0.2) is 34.8 Å². The summed E-state index contributed by atoms with van der Waals surface area (Å²) in [4.78, 5) is 16.6. The minimum absolute atomic E-state index is 0.0463. The lowest BCUT2D eigenvalue weighted by atomic mass is 10.0. The summed E-state index contributed by atoms with van der Waals surface area (Å²) >= 11 is 0. The zero-order valence-electron chi connectivity index (χ0n) is 19.7. The summed E-state index contributed by atoms with van der Waals surface area (Å²) in [7, 11) is 1.68. The summed E-state index contributed by atoms with van der Waals surface area (Å²) in [5.41, 5.74) is 3.69. The van der Waals surface area contributed by atoms with Crippen LogP contribution in [-0.2, 0) is 6.42 Å². The van der Waals surface area contributed by atoms with Gasteiger partial charge in [0.05, 0.1) is 13.2 Å². The van der Waals surface area contributed by atoms with E-state index in [-0.39, 0.29) is 17.6 Å². The molecule has 1 fully saturated rings. The van der Waals surface area contributed by atoms with Gasteiger partial charge in [-0.2, -0.15) is 0 Å². The van der Waals surface area contributed by atoms with Crippen molar-refractivity contribution in [1.82, 2.24) is 10.3 Å². The molecule has 1 amide bonds. The number of carbonyl (C=O) groups is 1. The highest BCUT2D eigenvalue weighted by atomic mass is 16.5. The average Bonchev–Trinajstić information content (AvgIpc) is 3.51. The largest absolute Gasteiger partial charge is 0.496 e. The van der Waals surface area contributed by atoms with Crippen LogP contribution >= 0.6 is 0 Å². The molecule has 1 aliphatic carbocycles. The van der Waals surface area contributed by atoms with E-state index >= 15 is 0 Å². The number of aliphatic hydroxyl groups is 1. The van der Waals surface area contributed by atoms with Crippen molar-refractivity contribution in [1.29, 1.82) is 0 Å². The van der Waals surface area contributed by atoms with Crippen molar-refractivity contribution in [2.24, 2.45) is 0 Å². The number of nitrogens with zero attached hydrogens (tertiary/aromatic N) is 1. The predicted molar refractivity (Wildman–Crippen MR) is 126 cm³/mol. The standard InChI is InChI=1S/C19H22N2O2.C7H16O/c1-13-4-5-17(23-3)15(10-13)12-19(7-8-19)21-18(22)16-11-14(2)6-9-20-16;1-3-5-6-7(8)4-2/h4-6,9-11H,7-8,12H2,1-3H3,(H,21,22);7-8H,3-6H2,1-2H3. The average molecular weight is 427 g/mol. The van der Waals surface area contributed by atoms with Crippen molar-refractivity contribution in [3.63, 3.8) is 0 Å². The molecule has 5 heteroatoms. The third-order valence-electron chi connectivity index (χ3n) is 5.71. The SMILES string of the molecule is CCCCC(O)CC.COc1ccc(C)cc1CC1(NC(=O)c2cc(C)ccn2)CC1. The molecule has 31 heavy (non-hydrogen) atoms. The van der Waals surface area contributed by atoms with Crippen LogP contribution in [0.5, 0.6) is 5.75 Å². The second-order valence-electron chi connectivity index (χ2n) is 8.65. The van der Waals surface area contributed by atoms with Gasteiger partial charge in [0.1, 0.15) is 11.4 Å². The Bertz CT molecular complexity index is 846. The normalized spacial score (nSPS) is 14.8. The molecule has 0 radical (unpaired) electrons. The maximum Gasteiger partial charge on any atom is 0.270 e. The fraction of sp³-hybridized carbons (Fsp3) is 0.538. The summed E-state index contributed by atoms with van der Waals surface area (Å²) in [6.45, 7) is 8.18. The molecule has 0 saturated heterocycles. The third-order valence-corrected chi connectivity index (χ3v) is 5.71. The van der Waals surface area contributed by atoms with Gasteiger partial charge in [-0.25, -0.2) is 0 Å². The minimum atomic E-state index is -0.163. The molecule has 1 saturated carbocycles. The van der Waals surface area contributed by atoms with E-state index in [9.17, 15) is 4.79 Å². The number of nitrogens with one attached hydrogen (secondary N) is 1. The van der Waals surface area contributed by atoms with Gasteiger partial charge in [-0.15, -0.1) is 0 Å². The smallest absolute Gasteiger partial charge is 0.270 e. The van der Waals surface area contributed by atoms with Crippen molar-refractivity contribution >= 4 is 5.91 Å². The highest BCUT2D eigenvalue weighted by molar-refractivity contribution is 5.93. The fourth-order valence-electron chi connectivity index (χ4n) is 3.52. The molecular formula is C26H38N2O3. The molecule has 1 aromatic heterocycles. The molecule has 1 atom stereocenters. The van der Waals surface area contributed by atoms with Crippen LogP contribution in [0.1, 0.15) is 79.6 Å². The van der Waals surface area contributed by atoms with E-state index in [1.807, 2.05) is 38.1 Å². The zero-order valence-corrected chi connectivity index (χ0v) is 19.7. The van der Waals surface area contributed by atoms with Crippen molar-refractivity contribution in [3.05, 3.63) is 58.9 Å². The number of aliphatic hydroxyl groups excluding tert-OH is 1. The fourth-order valence-corrected chi connectivity index (χ4v) is 3.52. The van der Waals surface area contributed by atoms with E-state index in [1.165, 1.54) is 12.0 Å². The lowest BCUT2D eigenvalue weighted by Crippen LogP contribution is -2.39. The summed E-state index contributed by atoms with van der Waals surface area (Å²) in [6.07, 6.45) is 8.63. The Morgan fingerprint density at radius 3 is 2.48 bits per heavy atom. The number of unbranched alkanes of at least 4 members (excludes halogenated alkanes) is 1. The third kappa shape index (κ3) is 7.98. The second kappa shape index (κ2) is 11.8. The van der Waals surface area contributed by atoms with E-state index in [0.717, 1.165) is 55.4 Å². The maximum absolute atomic E-state index is 12.5. The van der Waals surface area contributed by atoms with Gasteiger partial charge in [-0.05, 0) is 75.3 Å². The van der Waals surface area contributed by atoms with Gasteiger partial charge < -0.3 is 15.2 Å². The molecule has 170 valence electrons. The number of benzene rings is 1. The molecular weight excluding hydrogens is 388 g/mol. The van der Waals surface area contributed by atoms with Crippen molar-refractivity contribution < 1.29 is 14.6 Å². The minimum Gasteiger partial charge on any atom is -0.496 e. The molecule has 1 heterocycles. The molecule has 1 aromatic carbocycles. The number of aromatic nitrogens is 1. The summed E-state index contributed by atoms with van der Waals surface area (Å²) in [5.74, 6) is 0.780. The lowest BCUT2D eigenvalue weighted by Gasteiger charge is -2.19. The quantitative estimate of drug-likeness (QED) is 0.581. The number of methoxy groups -OCH3 is 1. The first-order valence-electron chi connectivity index (χ1n) is 11.4. The number of aryl methyl sites for hydroxylation is 2. The molecule has 1 unspecified atom stereocenters. The maximum atomic E-state index is 12.5. The summed E-state index contributed by atoms with van der Waals surface area (Å²) < 4.78 is 5.45. The molecule has 0 bridgehead atoms. The van der Waals surface area contributed by atoms with Crippen molar-refractivity contribution in [2.45, 2.75) is 84.3 Å². The Balaban J connectivity index is 0.000000366. The zero-order chi connectivity index (χ0) is 22.9. The van der Waals surface area contributed by atoms with Crippen LogP contribution in [0.2, 0.25) is 0 Å². The monoisotopic (exact) mass is 426 g/mol. The number of ether oxygens (including phenoxy) is 1. The topological polar surface area (TPSA) is 71.5 Å². The summed E-state index contributed by atoms with van der Waals surface area (Å²) in [5, 5.41) is 12.2. The van der Waals surface area contributed by atoms with Gasteiger partial charge in [-0.3, -0.25) is 9.78 Å². The van der Waals surface area contributed by atoms with Crippen molar-refractivity contribution in [3.8, 4) is 5.75 Å². The highest BCUT2D eigenvalue weighted by Crippen LogP contribution is 2.40. The number of pyridine rings is 1. The lowest BCUT2D eigenvalue weighted by molar-refractivity contribution is 0.0926. The van der Waals surface area contributed by atoms with E-state index in [4.69, 9.17) is 9.84 Å². The van der Waals surface area contributed by atoms with Crippen LogP contribution in [0.3, 0.4) is 0 Å². The Labute approximate surface area is 187 Å². The van der Waals surface area contributed by atoms with Gasteiger partial charge in [0.15, 0.2) is 0 Å². The number of carbonyl (C=O) groups excluding carboxylic acids is 1. The molecule has 0 aliphatic heterocycles. The molecule has 2 N–H and O–H groups in total. The summed E-state index contributed by atoms with van der Waals surface area (Å²) in [6, 6.07) is 9.87. The van der Waals surface area contributed by atoms with Gasteiger partial charge in [0.25, 0.3) is 5.91 Å². The van der Waals surface area contributed by atoms with Crippen LogP contribution in [0.4, 0.5) is 0 Å². The predicted octanol–water partition coefficient (Wildman–Crippen LogP) is 5.16. The first-order valence-corrected chi connectivity index (χ1v) is 11.4. The Kier molecular flexibility index (Phi) is 9.50. The number of hydrogen-bond donors (Lipinski definition) is 2. The van der Waals surface area contributed by atoms with Crippen LogP contribution < -0.4 is 10.1 Å². The molecule has 1 aliphatic rings. The Morgan fingerprint density at radius 2 is 1.90 bits per heavy atom. The molecule has 5 nitrogen and oxygen atoms in total. The first-order chi connectivity index (χ1) is 14.8. The van der Waals surface area contributed by atoms with Crippen LogP contribution in [0.25, 0.3) is 0 Å². The Morgan fingerprint density at radius 1 is 1.19 bits per heavy atom. The van der Waals surface area contributed by atoms with Gasteiger partial charge in [0, 0.05) is 11.7 Å². The molecule has 0 spiro atoms. The number of rotatable bonds is 9. The van der Waals surface area contributed by atoms with Crippen LogP contribution in [0.15, 0.2) is 36.5 Å². The molecule has 2 aromatic rings. The van der Waals surface area contributed by atoms with Crippen molar-refractivity contribution in [2.75, 3.05) is 7.11 Å². The molecule has 3 rings (SSSR count). The van der Waals surface area contributed by atoms with Gasteiger partial charge in [-0.1, -0.05) is 44.4 Å². The van der Waals surface area contributed by atoms with E-state index in [0.29, 0.717) is 5.69 Å². The van der Waals surface area contributed by atoms with Gasteiger partial charge >= 0.3 is 0 Å².